The number of hydrogen-bond acceptors (Lipinski definition) is 5. The Morgan fingerprint density at radius 3 is 2.84 bits per heavy atom. The van der Waals surface area contributed by atoms with Gasteiger partial charge in [0.1, 0.15) is 17.4 Å². The third-order valence-corrected chi connectivity index (χ3v) is 4.05. The van der Waals surface area contributed by atoms with Gasteiger partial charge >= 0.3 is 0 Å². The molecular formula is C13H11N3O2S. The minimum absolute atomic E-state index is 0.0582. The lowest BCUT2D eigenvalue weighted by Crippen LogP contribution is -2.22. The number of fused-ring (bicyclic) bond motifs is 1. The molecule has 2 heterocycles. The standard InChI is InChI=1S/C13H11N3O2S/c17-10(6-9-4-2-1-3-5-9)7-11-12(18)16-13(19-11)14-8-15-16/h1-5,8,11H,6-7H2. The molecule has 19 heavy (non-hydrogen) atoms. The maximum absolute atomic E-state index is 12.0. The van der Waals surface area contributed by atoms with Gasteiger partial charge in [0.25, 0.3) is 5.91 Å². The van der Waals surface area contributed by atoms with E-state index in [1.807, 2.05) is 30.3 Å². The number of ketones is 1. The molecule has 0 bridgehead atoms. The smallest absolute Gasteiger partial charge is 0.263 e. The van der Waals surface area contributed by atoms with Crippen molar-refractivity contribution < 1.29 is 9.59 Å². The number of rotatable bonds is 4. The first-order chi connectivity index (χ1) is 9.24. The lowest BCUT2D eigenvalue weighted by Gasteiger charge is -2.05. The van der Waals surface area contributed by atoms with Crippen molar-refractivity contribution in [1.29, 1.82) is 0 Å². The van der Waals surface area contributed by atoms with Crippen LogP contribution in [-0.4, -0.2) is 31.7 Å². The number of aromatic nitrogens is 3. The third-order valence-electron chi connectivity index (χ3n) is 2.91. The van der Waals surface area contributed by atoms with Gasteiger partial charge in [0.15, 0.2) is 5.16 Å². The van der Waals surface area contributed by atoms with E-state index < -0.39 is 0 Å². The lowest BCUT2D eigenvalue weighted by atomic mass is 10.1. The van der Waals surface area contributed by atoms with E-state index in [9.17, 15) is 9.59 Å². The van der Waals surface area contributed by atoms with Crippen LogP contribution >= 0.6 is 11.8 Å². The number of carbonyl (C=O) groups excluding carboxylic acids is 2. The van der Waals surface area contributed by atoms with Crippen molar-refractivity contribution in [3.05, 3.63) is 42.2 Å². The minimum Gasteiger partial charge on any atom is -0.299 e. The monoisotopic (exact) mass is 273 g/mol. The summed E-state index contributed by atoms with van der Waals surface area (Å²) < 4.78 is 1.27. The normalized spacial score (nSPS) is 17.5. The molecule has 1 unspecified atom stereocenters. The molecule has 0 spiro atoms. The third kappa shape index (κ3) is 2.44. The van der Waals surface area contributed by atoms with Crippen LogP contribution in [0.5, 0.6) is 0 Å². The zero-order valence-electron chi connectivity index (χ0n) is 10.0. The van der Waals surface area contributed by atoms with Crippen LogP contribution in [0.25, 0.3) is 0 Å². The van der Waals surface area contributed by atoms with Gasteiger partial charge in [0, 0.05) is 12.8 Å². The minimum atomic E-state index is -0.382. The summed E-state index contributed by atoms with van der Waals surface area (Å²) in [6.45, 7) is 0. The molecule has 0 saturated heterocycles. The van der Waals surface area contributed by atoms with Crippen molar-refractivity contribution in [3.8, 4) is 0 Å². The summed E-state index contributed by atoms with van der Waals surface area (Å²) in [7, 11) is 0. The van der Waals surface area contributed by atoms with Crippen LogP contribution in [0.3, 0.4) is 0 Å². The van der Waals surface area contributed by atoms with E-state index in [4.69, 9.17) is 0 Å². The van der Waals surface area contributed by atoms with Crippen molar-refractivity contribution in [2.75, 3.05) is 0 Å². The topological polar surface area (TPSA) is 64.8 Å². The maximum atomic E-state index is 12.0. The Bertz CT molecular complexity index is 624. The van der Waals surface area contributed by atoms with E-state index in [1.165, 1.54) is 22.8 Å². The van der Waals surface area contributed by atoms with Gasteiger partial charge in [-0.25, -0.2) is 4.98 Å². The molecule has 1 atom stereocenters. The summed E-state index contributed by atoms with van der Waals surface area (Å²) in [6, 6.07) is 9.53. The summed E-state index contributed by atoms with van der Waals surface area (Å²) in [5.74, 6) is -0.0956. The Morgan fingerprint density at radius 1 is 1.32 bits per heavy atom. The number of carbonyl (C=O) groups is 2. The number of benzene rings is 1. The Morgan fingerprint density at radius 2 is 2.11 bits per heavy atom. The molecule has 6 heteroatoms. The second kappa shape index (κ2) is 4.97. The predicted octanol–water partition coefficient (Wildman–Crippen LogP) is 1.59. The molecule has 1 aromatic carbocycles. The van der Waals surface area contributed by atoms with Crippen LogP contribution in [0, 0.1) is 0 Å². The molecule has 0 fully saturated rings. The second-order valence-electron chi connectivity index (χ2n) is 4.30. The fourth-order valence-corrected chi connectivity index (χ4v) is 3.08. The van der Waals surface area contributed by atoms with E-state index >= 15 is 0 Å². The summed E-state index contributed by atoms with van der Waals surface area (Å²) >= 11 is 1.31. The molecule has 0 aliphatic carbocycles. The SMILES string of the molecule is O=C(Cc1ccccc1)CC1Sc2ncnn2C1=O. The second-order valence-corrected chi connectivity index (χ2v) is 5.47. The van der Waals surface area contributed by atoms with Gasteiger partial charge in [-0.1, -0.05) is 42.1 Å². The van der Waals surface area contributed by atoms with Crippen molar-refractivity contribution in [3.63, 3.8) is 0 Å². The summed E-state index contributed by atoms with van der Waals surface area (Å²) in [6.07, 6.45) is 1.94. The van der Waals surface area contributed by atoms with Gasteiger partial charge in [-0.2, -0.15) is 9.78 Å². The van der Waals surface area contributed by atoms with Gasteiger partial charge in [0.2, 0.25) is 0 Å². The van der Waals surface area contributed by atoms with Crippen LogP contribution in [0.15, 0.2) is 41.8 Å². The molecule has 1 aliphatic rings. The Kier molecular flexibility index (Phi) is 3.16. The van der Waals surface area contributed by atoms with Crippen LogP contribution in [0.4, 0.5) is 0 Å². The highest BCUT2D eigenvalue weighted by molar-refractivity contribution is 8.00. The van der Waals surface area contributed by atoms with Gasteiger partial charge < -0.3 is 0 Å². The quantitative estimate of drug-likeness (QED) is 0.846. The average Bonchev–Trinajstić information content (AvgIpc) is 2.96. The number of thioether (sulfide) groups is 1. The molecule has 1 aromatic heterocycles. The van der Waals surface area contributed by atoms with E-state index in [0.29, 0.717) is 11.6 Å². The molecule has 0 amide bonds. The largest absolute Gasteiger partial charge is 0.299 e. The molecule has 96 valence electrons. The number of Topliss-reactive ketones (excluding diaryl/α,β-unsaturated/α-hetero) is 1. The van der Waals surface area contributed by atoms with Gasteiger partial charge in [-0.15, -0.1) is 0 Å². The first-order valence-corrected chi connectivity index (χ1v) is 6.78. The Hall–Kier alpha value is -1.95. The van der Waals surface area contributed by atoms with E-state index in [1.54, 1.807) is 0 Å². The van der Waals surface area contributed by atoms with Gasteiger partial charge in [-0.3, -0.25) is 9.59 Å². The predicted molar refractivity (Wildman–Crippen MR) is 70.1 cm³/mol. The van der Waals surface area contributed by atoms with E-state index in [0.717, 1.165) is 5.56 Å². The zero-order chi connectivity index (χ0) is 13.2. The van der Waals surface area contributed by atoms with Crippen molar-refractivity contribution >= 4 is 23.5 Å². The average molecular weight is 273 g/mol. The molecule has 1 aliphatic heterocycles. The van der Waals surface area contributed by atoms with Crippen LogP contribution in [0.2, 0.25) is 0 Å². The summed E-state index contributed by atoms with van der Waals surface area (Å²) in [5, 5.41) is 4.03. The molecular weight excluding hydrogens is 262 g/mol. The van der Waals surface area contributed by atoms with Gasteiger partial charge in [0.05, 0.1) is 0 Å². The Labute approximate surface area is 114 Å². The fourth-order valence-electron chi connectivity index (χ4n) is 2.01. The molecule has 0 saturated carbocycles. The van der Waals surface area contributed by atoms with E-state index in [-0.39, 0.29) is 23.4 Å². The maximum Gasteiger partial charge on any atom is 0.263 e. The number of nitrogens with zero attached hydrogens (tertiary/aromatic N) is 3. The number of hydrogen-bond donors (Lipinski definition) is 0. The van der Waals surface area contributed by atoms with Crippen LogP contribution in [-0.2, 0) is 11.2 Å². The first kappa shape index (κ1) is 12.1. The summed E-state index contributed by atoms with van der Waals surface area (Å²) in [5.41, 5.74) is 0.971. The molecule has 5 nitrogen and oxygen atoms in total. The first-order valence-electron chi connectivity index (χ1n) is 5.90. The highest BCUT2D eigenvalue weighted by Crippen LogP contribution is 2.31. The van der Waals surface area contributed by atoms with Gasteiger partial charge in [-0.05, 0) is 5.56 Å². The molecule has 3 rings (SSSR count). The van der Waals surface area contributed by atoms with E-state index in [2.05, 4.69) is 10.1 Å². The highest BCUT2D eigenvalue weighted by atomic mass is 32.2. The van der Waals surface area contributed by atoms with Crippen molar-refractivity contribution in [2.45, 2.75) is 23.2 Å². The van der Waals surface area contributed by atoms with Crippen molar-refractivity contribution in [1.82, 2.24) is 14.8 Å². The Balaban J connectivity index is 1.63. The highest BCUT2D eigenvalue weighted by Gasteiger charge is 2.34. The van der Waals surface area contributed by atoms with Crippen LogP contribution < -0.4 is 0 Å². The van der Waals surface area contributed by atoms with Crippen LogP contribution in [0.1, 0.15) is 16.8 Å². The molecule has 0 N–H and O–H groups in total. The lowest BCUT2D eigenvalue weighted by molar-refractivity contribution is -0.118. The zero-order valence-corrected chi connectivity index (χ0v) is 10.8. The van der Waals surface area contributed by atoms with Crippen molar-refractivity contribution in [2.24, 2.45) is 0 Å². The fraction of sp³-hybridized carbons (Fsp3) is 0.231. The molecule has 0 radical (unpaired) electrons. The summed E-state index contributed by atoms with van der Waals surface area (Å²) in [4.78, 5) is 27.9. The molecule has 2 aromatic rings.